The molecule has 2 rings (SSSR count). The van der Waals surface area contributed by atoms with Crippen molar-refractivity contribution in [1.29, 1.82) is 0 Å². The van der Waals surface area contributed by atoms with Crippen molar-refractivity contribution >= 4 is 22.9 Å². The molecule has 0 bridgehead atoms. The number of thiophene rings is 1. The van der Waals surface area contributed by atoms with Crippen LogP contribution in [0.4, 0.5) is 0 Å². The first-order valence-corrected chi connectivity index (χ1v) is 6.59. The van der Waals surface area contributed by atoms with Crippen molar-refractivity contribution in [2.45, 2.75) is 19.1 Å². The van der Waals surface area contributed by atoms with E-state index in [0.29, 0.717) is 0 Å². The Morgan fingerprint density at radius 1 is 1.18 bits per heavy atom. The maximum Gasteiger partial charge on any atom is 0.148 e. The van der Waals surface area contributed by atoms with E-state index in [9.17, 15) is 0 Å². The van der Waals surface area contributed by atoms with Crippen LogP contribution in [0.15, 0.2) is 42.5 Å². The third-order valence-electron chi connectivity index (χ3n) is 2.36. The molecule has 17 heavy (non-hydrogen) atoms. The Morgan fingerprint density at radius 2 is 1.88 bits per heavy atom. The van der Waals surface area contributed by atoms with E-state index in [1.54, 1.807) is 0 Å². The summed E-state index contributed by atoms with van der Waals surface area (Å²) in [4.78, 5) is 1.05. The number of para-hydroxylation sites is 1. The van der Waals surface area contributed by atoms with E-state index in [2.05, 4.69) is 0 Å². The molecule has 4 heteroatoms. The van der Waals surface area contributed by atoms with Gasteiger partial charge in [0.15, 0.2) is 0 Å². The van der Waals surface area contributed by atoms with Gasteiger partial charge in [0.2, 0.25) is 0 Å². The van der Waals surface area contributed by atoms with Crippen LogP contribution in [0, 0.1) is 0 Å². The normalized spacial score (nSPS) is 14.3. The van der Waals surface area contributed by atoms with E-state index in [1.807, 2.05) is 49.4 Å². The highest BCUT2D eigenvalue weighted by Gasteiger charge is 2.20. The molecule has 2 N–H and O–H groups in total. The van der Waals surface area contributed by atoms with Crippen LogP contribution >= 0.6 is 22.9 Å². The highest BCUT2D eigenvalue weighted by molar-refractivity contribution is 7.16. The molecule has 0 fully saturated rings. The number of rotatable bonds is 4. The first-order chi connectivity index (χ1) is 8.16. The Balaban J connectivity index is 2.19. The number of nitrogens with two attached hydrogens (primary N) is 1. The quantitative estimate of drug-likeness (QED) is 0.913. The maximum atomic E-state index is 5.96. The molecule has 0 spiro atoms. The summed E-state index contributed by atoms with van der Waals surface area (Å²) in [5.74, 6) is 0.819. The summed E-state index contributed by atoms with van der Waals surface area (Å²) in [5.41, 5.74) is 5.96. The van der Waals surface area contributed by atoms with Gasteiger partial charge in [-0.15, -0.1) is 11.3 Å². The average Bonchev–Trinajstić information content (AvgIpc) is 2.73. The van der Waals surface area contributed by atoms with Crippen molar-refractivity contribution in [1.82, 2.24) is 0 Å². The molecule has 0 amide bonds. The van der Waals surface area contributed by atoms with Crippen LogP contribution in [-0.4, -0.2) is 6.04 Å². The zero-order valence-electron chi connectivity index (χ0n) is 9.47. The fourth-order valence-corrected chi connectivity index (χ4v) is 2.76. The summed E-state index contributed by atoms with van der Waals surface area (Å²) in [6.45, 7) is 1.93. The molecule has 2 unspecified atom stereocenters. The van der Waals surface area contributed by atoms with Crippen LogP contribution < -0.4 is 10.5 Å². The lowest BCUT2D eigenvalue weighted by Gasteiger charge is -2.21. The molecule has 0 saturated heterocycles. The van der Waals surface area contributed by atoms with Crippen LogP contribution in [0.3, 0.4) is 0 Å². The number of hydrogen-bond acceptors (Lipinski definition) is 3. The van der Waals surface area contributed by atoms with Gasteiger partial charge >= 0.3 is 0 Å². The molecule has 1 aromatic carbocycles. The van der Waals surface area contributed by atoms with Crippen molar-refractivity contribution in [3.63, 3.8) is 0 Å². The molecule has 0 radical (unpaired) electrons. The van der Waals surface area contributed by atoms with Gasteiger partial charge in [0.05, 0.1) is 4.34 Å². The Kier molecular flexibility index (Phi) is 4.05. The molecule has 0 aliphatic rings. The third-order valence-corrected chi connectivity index (χ3v) is 3.65. The maximum absolute atomic E-state index is 5.96. The topological polar surface area (TPSA) is 35.2 Å². The summed E-state index contributed by atoms with van der Waals surface area (Å²) in [7, 11) is 0. The summed E-state index contributed by atoms with van der Waals surface area (Å²) >= 11 is 7.44. The first kappa shape index (κ1) is 12.4. The number of halogens is 1. The summed E-state index contributed by atoms with van der Waals surface area (Å²) in [6.07, 6.45) is -0.158. The summed E-state index contributed by atoms with van der Waals surface area (Å²) < 4.78 is 6.65. The first-order valence-electron chi connectivity index (χ1n) is 5.39. The van der Waals surface area contributed by atoms with Crippen LogP contribution in [0.5, 0.6) is 5.75 Å². The molecule has 2 aromatic rings. The summed E-state index contributed by atoms with van der Waals surface area (Å²) in [6, 6.07) is 13.4. The second-order valence-corrected chi connectivity index (χ2v) is 5.60. The Hall–Kier alpha value is -1.03. The molecular formula is C13H14ClNOS. The molecular weight excluding hydrogens is 254 g/mol. The SMILES string of the molecule is CC(N)C(Oc1ccccc1)c1ccc(Cl)s1. The lowest BCUT2D eigenvalue weighted by molar-refractivity contribution is 0.184. The molecule has 0 saturated carbocycles. The predicted molar refractivity (Wildman–Crippen MR) is 72.8 cm³/mol. The minimum atomic E-state index is -0.158. The lowest BCUT2D eigenvalue weighted by Crippen LogP contribution is -2.28. The van der Waals surface area contributed by atoms with Gasteiger partial charge in [-0.3, -0.25) is 0 Å². The van der Waals surface area contributed by atoms with E-state index in [1.165, 1.54) is 11.3 Å². The second kappa shape index (κ2) is 5.54. The van der Waals surface area contributed by atoms with Crippen molar-refractivity contribution in [3.8, 4) is 5.75 Å². The Bertz CT molecular complexity index is 469. The fraction of sp³-hybridized carbons (Fsp3) is 0.231. The zero-order chi connectivity index (χ0) is 12.3. The molecule has 90 valence electrons. The zero-order valence-corrected chi connectivity index (χ0v) is 11.0. The van der Waals surface area contributed by atoms with Gasteiger partial charge in [-0.1, -0.05) is 29.8 Å². The highest BCUT2D eigenvalue weighted by atomic mass is 35.5. The fourth-order valence-electron chi connectivity index (χ4n) is 1.55. The van der Waals surface area contributed by atoms with E-state index >= 15 is 0 Å². The van der Waals surface area contributed by atoms with Gasteiger partial charge in [-0.05, 0) is 31.2 Å². The summed E-state index contributed by atoms with van der Waals surface area (Å²) in [5, 5.41) is 0. The minimum Gasteiger partial charge on any atom is -0.483 e. The van der Waals surface area contributed by atoms with Crippen LogP contribution in [0.25, 0.3) is 0 Å². The van der Waals surface area contributed by atoms with Gasteiger partial charge in [0.1, 0.15) is 11.9 Å². The van der Waals surface area contributed by atoms with Gasteiger partial charge in [-0.25, -0.2) is 0 Å². The second-order valence-electron chi connectivity index (χ2n) is 3.85. The van der Waals surface area contributed by atoms with E-state index < -0.39 is 0 Å². The van der Waals surface area contributed by atoms with Gasteiger partial charge in [0, 0.05) is 10.9 Å². The van der Waals surface area contributed by atoms with Crippen molar-refractivity contribution in [2.24, 2.45) is 5.73 Å². The Morgan fingerprint density at radius 3 is 2.41 bits per heavy atom. The van der Waals surface area contributed by atoms with E-state index in [-0.39, 0.29) is 12.1 Å². The predicted octanol–water partition coefficient (Wildman–Crippen LogP) is 3.87. The van der Waals surface area contributed by atoms with Gasteiger partial charge < -0.3 is 10.5 Å². The smallest absolute Gasteiger partial charge is 0.148 e. The number of ether oxygens (including phenoxy) is 1. The average molecular weight is 268 g/mol. The molecule has 0 aliphatic heterocycles. The van der Waals surface area contributed by atoms with Crippen molar-refractivity contribution in [3.05, 3.63) is 51.7 Å². The standard InChI is InChI=1S/C13H14ClNOS/c1-9(15)13(11-7-8-12(14)17-11)16-10-5-3-2-4-6-10/h2-9,13H,15H2,1H3. The van der Waals surface area contributed by atoms with Crippen molar-refractivity contribution in [2.75, 3.05) is 0 Å². The third kappa shape index (κ3) is 3.22. The molecule has 0 aliphatic carbocycles. The lowest BCUT2D eigenvalue weighted by atomic mass is 10.1. The monoisotopic (exact) mass is 267 g/mol. The molecule has 1 heterocycles. The minimum absolute atomic E-state index is 0.0927. The van der Waals surface area contributed by atoms with Crippen LogP contribution in [0.1, 0.15) is 17.9 Å². The molecule has 2 atom stereocenters. The number of hydrogen-bond donors (Lipinski definition) is 1. The molecule has 1 aromatic heterocycles. The highest BCUT2D eigenvalue weighted by Crippen LogP contribution is 2.31. The largest absolute Gasteiger partial charge is 0.483 e. The number of benzene rings is 1. The Labute approximate surface area is 110 Å². The van der Waals surface area contributed by atoms with E-state index in [0.717, 1.165) is 15.0 Å². The van der Waals surface area contributed by atoms with Gasteiger partial charge in [-0.2, -0.15) is 0 Å². The van der Waals surface area contributed by atoms with Crippen LogP contribution in [0.2, 0.25) is 4.34 Å². The van der Waals surface area contributed by atoms with Crippen LogP contribution in [-0.2, 0) is 0 Å². The van der Waals surface area contributed by atoms with E-state index in [4.69, 9.17) is 22.1 Å². The van der Waals surface area contributed by atoms with Gasteiger partial charge in [0.25, 0.3) is 0 Å². The van der Waals surface area contributed by atoms with Crippen molar-refractivity contribution < 1.29 is 4.74 Å². The molecule has 2 nitrogen and oxygen atoms in total.